The number of carbonyl (C=O) groups excluding carboxylic acids is 3. The number of likely N-dealkylation sites (N-methyl/N-ethyl adjacent to an activating group) is 1. The van der Waals surface area contributed by atoms with Gasteiger partial charge in [-0.15, -0.1) is 0 Å². The molecule has 1 N–H and O–H groups in total. The first kappa shape index (κ1) is 28.4. The van der Waals surface area contributed by atoms with Crippen molar-refractivity contribution in [3.8, 4) is 0 Å². The van der Waals surface area contributed by atoms with Crippen molar-refractivity contribution < 1.29 is 19.1 Å². The Kier molecular flexibility index (Phi) is 9.88. The zero-order valence-corrected chi connectivity index (χ0v) is 22.1. The fourth-order valence-corrected chi connectivity index (χ4v) is 3.44. The van der Waals surface area contributed by atoms with Crippen LogP contribution in [0.4, 0.5) is 0 Å². The van der Waals surface area contributed by atoms with Crippen molar-refractivity contribution >= 4 is 17.8 Å². The first-order chi connectivity index (χ1) is 15.1. The minimum absolute atomic E-state index is 0.168. The van der Waals surface area contributed by atoms with Crippen molar-refractivity contribution in [3.63, 3.8) is 0 Å². The van der Waals surface area contributed by atoms with Gasteiger partial charge in [0.05, 0.1) is 6.61 Å². The van der Waals surface area contributed by atoms with E-state index in [-0.39, 0.29) is 30.2 Å². The highest BCUT2D eigenvalue weighted by Gasteiger charge is 2.36. The summed E-state index contributed by atoms with van der Waals surface area (Å²) in [5.74, 6) is -0.765. The molecule has 6 heteroatoms. The Morgan fingerprint density at radius 3 is 2.21 bits per heavy atom. The van der Waals surface area contributed by atoms with Crippen LogP contribution in [-0.4, -0.2) is 48.9 Å². The third-order valence-corrected chi connectivity index (χ3v) is 5.95. The number of esters is 1. The van der Waals surface area contributed by atoms with Crippen molar-refractivity contribution in [3.05, 3.63) is 46.5 Å². The highest BCUT2D eigenvalue weighted by molar-refractivity contribution is 5.89. The van der Waals surface area contributed by atoms with Crippen LogP contribution >= 0.6 is 0 Å². The lowest BCUT2D eigenvalue weighted by Gasteiger charge is -2.34. The van der Waals surface area contributed by atoms with Crippen molar-refractivity contribution in [2.24, 2.45) is 5.41 Å². The Morgan fingerprint density at radius 2 is 1.70 bits per heavy atom. The molecule has 1 unspecified atom stereocenters. The molecule has 6 nitrogen and oxygen atoms in total. The molecule has 0 aromatic heterocycles. The van der Waals surface area contributed by atoms with Crippen LogP contribution in [-0.2, 0) is 24.5 Å². The highest BCUT2D eigenvalue weighted by atomic mass is 16.5. The molecule has 1 aromatic rings. The monoisotopic (exact) mass is 458 g/mol. The first-order valence-corrected chi connectivity index (χ1v) is 11.6. The standard InChI is InChI=1S/C27H42N2O4/c1-11-33-25(32)19(3)14-15-29(10)24(31)23(26(5,6)7)28-22(30)17-27(8,9)21-13-12-18(2)20(4)16-21/h12-14,16,23H,11,15,17H2,1-10H3,(H,28,30)/b19-14+. The van der Waals surface area contributed by atoms with Crippen molar-refractivity contribution in [1.29, 1.82) is 0 Å². The normalized spacial score (nSPS) is 13.3. The summed E-state index contributed by atoms with van der Waals surface area (Å²) in [6.45, 7) is 18.0. The molecule has 0 saturated carbocycles. The van der Waals surface area contributed by atoms with Crippen molar-refractivity contribution in [1.82, 2.24) is 10.2 Å². The fraction of sp³-hybridized carbons (Fsp3) is 0.593. The smallest absolute Gasteiger partial charge is 0.333 e. The van der Waals surface area contributed by atoms with E-state index in [1.165, 1.54) is 16.0 Å². The van der Waals surface area contributed by atoms with Crippen molar-refractivity contribution in [2.45, 2.75) is 80.2 Å². The summed E-state index contributed by atoms with van der Waals surface area (Å²) in [7, 11) is 1.67. The zero-order valence-electron chi connectivity index (χ0n) is 22.1. The predicted octanol–water partition coefficient (Wildman–Crippen LogP) is 4.47. The van der Waals surface area contributed by atoms with Crippen LogP contribution in [0.15, 0.2) is 29.8 Å². The SMILES string of the molecule is CCOC(=O)/C(C)=C/CN(C)C(=O)C(NC(=O)CC(C)(C)c1ccc(C)c(C)c1)C(C)(C)C. The molecule has 0 spiro atoms. The van der Waals surface area contributed by atoms with Crippen LogP contribution in [0.25, 0.3) is 0 Å². The third-order valence-electron chi connectivity index (χ3n) is 5.95. The summed E-state index contributed by atoms with van der Waals surface area (Å²) in [6, 6.07) is 5.57. The lowest BCUT2D eigenvalue weighted by Crippen LogP contribution is -2.54. The fourth-order valence-electron chi connectivity index (χ4n) is 3.44. The van der Waals surface area contributed by atoms with Gasteiger partial charge in [0.15, 0.2) is 0 Å². The van der Waals surface area contributed by atoms with Gasteiger partial charge in [-0.2, -0.15) is 0 Å². The number of amides is 2. The van der Waals surface area contributed by atoms with Gasteiger partial charge in [-0.3, -0.25) is 9.59 Å². The summed E-state index contributed by atoms with van der Waals surface area (Å²) < 4.78 is 4.98. The molecule has 1 rings (SSSR count). The van der Waals surface area contributed by atoms with Gasteiger partial charge in [0, 0.05) is 25.6 Å². The number of ether oxygens (including phenoxy) is 1. The maximum absolute atomic E-state index is 13.2. The van der Waals surface area contributed by atoms with E-state index in [1.54, 1.807) is 27.0 Å². The molecule has 0 radical (unpaired) electrons. The molecule has 184 valence electrons. The van der Waals surface area contributed by atoms with Crippen LogP contribution in [0.3, 0.4) is 0 Å². The minimum atomic E-state index is -0.693. The molecule has 0 aliphatic carbocycles. The number of benzene rings is 1. The number of hydrogen-bond acceptors (Lipinski definition) is 4. The number of nitrogens with one attached hydrogen (secondary N) is 1. The number of hydrogen-bond donors (Lipinski definition) is 1. The predicted molar refractivity (Wildman–Crippen MR) is 133 cm³/mol. The van der Waals surface area contributed by atoms with Crippen LogP contribution in [0.2, 0.25) is 0 Å². The first-order valence-electron chi connectivity index (χ1n) is 11.6. The molecule has 0 heterocycles. The van der Waals surface area contributed by atoms with Crippen molar-refractivity contribution in [2.75, 3.05) is 20.2 Å². The average Bonchev–Trinajstić information content (AvgIpc) is 2.70. The van der Waals surface area contributed by atoms with Gasteiger partial charge in [0.25, 0.3) is 0 Å². The molecule has 0 aliphatic heterocycles. The molecule has 0 aliphatic rings. The quantitative estimate of drug-likeness (QED) is 0.438. The minimum Gasteiger partial charge on any atom is -0.463 e. The number of nitrogens with zero attached hydrogens (tertiary/aromatic N) is 1. The molecule has 0 fully saturated rings. The van der Waals surface area contributed by atoms with Gasteiger partial charge in [-0.05, 0) is 55.2 Å². The summed E-state index contributed by atoms with van der Waals surface area (Å²) >= 11 is 0. The average molecular weight is 459 g/mol. The van der Waals surface area contributed by atoms with Crippen LogP contribution in [0.5, 0.6) is 0 Å². The van der Waals surface area contributed by atoms with Gasteiger partial charge in [0.1, 0.15) is 6.04 Å². The topological polar surface area (TPSA) is 75.7 Å². The molecule has 0 bridgehead atoms. The van der Waals surface area contributed by atoms with Gasteiger partial charge in [0.2, 0.25) is 11.8 Å². The van der Waals surface area contributed by atoms with Crippen LogP contribution < -0.4 is 5.32 Å². The molecular weight excluding hydrogens is 416 g/mol. The lowest BCUT2D eigenvalue weighted by atomic mass is 9.79. The summed E-state index contributed by atoms with van der Waals surface area (Å²) in [5, 5.41) is 2.98. The Morgan fingerprint density at radius 1 is 1.09 bits per heavy atom. The summed E-state index contributed by atoms with van der Waals surface area (Å²) in [4.78, 5) is 39.6. The molecular formula is C27H42N2O4. The second-order valence-corrected chi connectivity index (χ2v) is 10.6. The van der Waals surface area contributed by atoms with Gasteiger partial charge in [-0.1, -0.05) is 58.9 Å². The molecule has 1 aromatic carbocycles. The number of rotatable bonds is 9. The Labute approximate surface area is 199 Å². The number of aryl methyl sites for hydroxylation is 2. The summed E-state index contributed by atoms with van der Waals surface area (Å²) in [5.41, 5.74) is 3.09. The lowest BCUT2D eigenvalue weighted by molar-refractivity contribution is -0.139. The molecule has 33 heavy (non-hydrogen) atoms. The molecule has 0 saturated heterocycles. The Hall–Kier alpha value is -2.63. The second kappa shape index (κ2) is 11.5. The van der Waals surface area contributed by atoms with E-state index in [1.807, 2.05) is 34.6 Å². The van der Waals surface area contributed by atoms with Gasteiger partial charge in [-0.25, -0.2) is 4.79 Å². The zero-order chi connectivity index (χ0) is 25.6. The van der Waals surface area contributed by atoms with Gasteiger partial charge >= 0.3 is 5.97 Å². The molecule has 1 atom stereocenters. The second-order valence-electron chi connectivity index (χ2n) is 10.6. The van der Waals surface area contributed by atoms with E-state index in [0.717, 1.165) is 5.56 Å². The van der Waals surface area contributed by atoms with Crippen LogP contribution in [0.1, 0.15) is 71.6 Å². The Balaban J connectivity index is 2.95. The maximum atomic E-state index is 13.2. The number of carbonyl (C=O) groups is 3. The summed E-state index contributed by atoms with van der Waals surface area (Å²) in [6.07, 6.45) is 1.93. The maximum Gasteiger partial charge on any atom is 0.333 e. The van der Waals surface area contributed by atoms with E-state index in [0.29, 0.717) is 12.2 Å². The third kappa shape index (κ3) is 8.34. The van der Waals surface area contributed by atoms with E-state index in [4.69, 9.17) is 4.74 Å². The van der Waals surface area contributed by atoms with E-state index in [9.17, 15) is 14.4 Å². The van der Waals surface area contributed by atoms with Crippen LogP contribution in [0, 0.1) is 19.3 Å². The Bertz CT molecular complexity index is 894. The molecule has 2 amide bonds. The van der Waals surface area contributed by atoms with E-state index < -0.39 is 17.4 Å². The largest absolute Gasteiger partial charge is 0.463 e. The highest BCUT2D eigenvalue weighted by Crippen LogP contribution is 2.29. The van der Waals surface area contributed by atoms with E-state index >= 15 is 0 Å². The van der Waals surface area contributed by atoms with Gasteiger partial charge < -0.3 is 15.0 Å². The van der Waals surface area contributed by atoms with E-state index in [2.05, 4.69) is 37.4 Å².